The van der Waals surface area contributed by atoms with Crippen LogP contribution in [0.2, 0.25) is 5.02 Å². The molecule has 0 bridgehead atoms. The minimum Gasteiger partial charge on any atom is -0.493 e. The van der Waals surface area contributed by atoms with Crippen molar-refractivity contribution in [2.45, 2.75) is 32.4 Å². The van der Waals surface area contributed by atoms with Crippen LogP contribution in [0.5, 0.6) is 11.5 Å². The van der Waals surface area contributed by atoms with E-state index in [-0.39, 0.29) is 11.4 Å². The number of hydrogen-bond acceptors (Lipinski definition) is 5. The molecule has 2 aromatic rings. The lowest BCUT2D eigenvalue weighted by atomic mass is 9.95. The molecular weight excluding hydrogens is 416 g/mol. The van der Waals surface area contributed by atoms with Crippen molar-refractivity contribution in [1.82, 2.24) is 10.2 Å². The van der Waals surface area contributed by atoms with Gasteiger partial charge >= 0.3 is 0 Å². The maximum absolute atomic E-state index is 12.8. The normalized spacial score (nSPS) is 16.4. The van der Waals surface area contributed by atoms with Gasteiger partial charge in [0.25, 0.3) is 5.91 Å². The topological polar surface area (TPSA) is 60.0 Å². The lowest BCUT2D eigenvalue weighted by Gasteiger charge is -2.43. The second kappa shape index (κ2) is 10.8. The van der Waals surface area contributed by atoms with Crippen LogP contribution < -0.4 is 14.8 Å². The highest BCUT2D eigenvalue weighted by molar-refractivity contribution is 6.30. The standard InChI is InChI=1S/C24H31ClN2O4/c1-4-24(2,27-11-13-30-14-12-27)17-26-23(28)19-7-10-21(22(15-19)29-3)31-16-18-5-8-20(25)9-6-18/h5-10,15H,4,11-14,16-17H2,1-3H3,(H,26,28)/t24-/m1/s1. The number of carbonyl (C=O) groups is 1. The molecule has 3 rings (SSSR count). The Balaban J connectivity index is 1.62. The summed E-state index contributed by atoms with van der Waals surface area (Å²) in [6.45, 7) is 8.52. The van der Waals surface area contributed by atoms with Crippen molar-refractivity contribution in [3.8, 4) is 11.5 Å². The molecule has 0 radical (unpaired) electrons. The number of rotatable bonds is 9. The highest BCUT2D eigenvalue weighted by Crippen LogP contribution is 2.29. The molecule has 1 fully saturated rings. The third kappa shape index (κ3) is 6.12. The van der Waals surface area contributed by atoms with Gasteiger partial charge in [-0.2, -0.15) is 0 Å². The maximum atomic E-state index is 12.8. The van der Waals surface area contributed by atoms with Gasteiger partial charge in [-0.15, -0.1) is 0 Å². The van der Waals surface area contributed by atoms with E-state index in [9.17, 15) is 4.79 Å². The zero-order chi connectivity index (χ0) is 22.3. The first-order valence-electron chi connectivity index (χ1n) is 10.6. The van der Waals surface area contributed by atoms with Gasteiger partial charge in [-0.3, -0.25) is 9.69 Å². The molecule has 0 aromatic heterocycles. The largest absolute Gasteiger partial charge is 0.493 e. The number of nitrogens with zero attached hydrogens (tertiary/aromatic N) is 1. The van der Waals surface area contributed by atoms with Crippen LogP contribution in [0.1, 0.15) is 36.2 Å². The van der Waals surface area contributed by atoms with Crippen molar-refractivity contribution < 1.29 is 19.0 Å². The molecule has 1 saturated heterocycles. The molecule has 31 heavy (non-hydrogen) atoms. The second-order valence-corrected chi connectivity index (χ2v) is 8.35. The van der Waals surface area contributed by atoms with Gasteiger partial charge in [-0.1, -0.05) is 30.7 Å². The molecule has 1 amide bonds. The van der Waals surface area contributed by atoms with Gasteiger partial charge in [0.1, 0.15) is 6.61 Å². The number of carbonyl (C=O) groups excluding carboxylic acids is 1. The predicted molar refractivity (Wildman–Crippen MR) is 122 cm³/mol. The van der Waals surface area contributed by atoms with Crippen molar-refractivity contribution >= 4 is 17.5 Å². The molecule has 0 saturated carbocycles. The molecule has 2 aromatic carbocycles. The van der Waals surface area contributed by atoms with E-state index in [1.54, 1.807) is 25.3 Å². The Hall–Kier alpha value is -2.28. The summed E-state index contributed by atoms with van der Waals surface area (Å²) in [4.78, 5) is 15.2. The lowest BCUT2D eigenvalue weighted by molar-refractivity contribution is -0.0169. The number of methoxy groups -OCH3 is 1. The molecule has 1 atom stereocenters. The quantitative estimate of drug-likeness (QED) is 0.626. The third-order valence-electron chi connectivity index (χ3n) is 5.90. The van der Waals surface area contributed by atoms with Crippen LogP contribution >= 0.6 is 11.6 Å². The Morgan fingerprint density at radius 2 is 1.87 bits per heavy atom. The molecule has 168 valence electrons. The van der Waals surface area contributed by atoms with Gasteiger partial charge in [-0.05, 0) is 49.2 Å². The molecule has 1 N–H and O–H groups in total. The van der Waals surface area contributed by atoms with Gasteiger partial charge in [-0.25, -0.2) is 0 Å². The number of hydrogen-bond donors (Lipinski definition) is 1. The van der Waals surface area contributed by atoms with E-state index < -0.39 is 0 Å². The van der Waals surface area contributed by atoms with Crippen LogP contribution in [0.3, 0.4) is 0 Å². The van der Waals surface area contributed by atoms with E-state index in [2.05, 4.69) is 24.1 Å². The Morgan fingerprint density at radius 3 is 2.52 bits per heavy atom. The van der Waals surface area contributed by atoms with Crippen molar-refractivity contribution in [2.24, 2.45) is 0 Å². The van der Waals surface area contributed by atoms with E-state index >= 15 is 0 Å². The highest BCUT2D eigenvalue weighted by Gasteiger charge is 2.31. The molecular formula is C24H31ClN2O4. The Kier molecular flexibility index (Phi) is 8.18. The van der Waals surface area contributed by atoms with Gasteiger partial charge in [0, 0.05) is 35.8 Å². The summed E-state index contributed by atoms with van der Waals surface area (Å²) in [6, 6.07) is 12.7. The van der Waals surface area contributed by atoms with Crippen molar-refractivity contribution in [3.63, 3.8) is 0 Å². The average Bonchev–Trinajstić information content (AvgIpc) is 2.82. The molecule has 0 spiro atoms. The van der Waals surface area contributed by atoms with Crippen molar-refractivity contribution in [1.29, 1.82) is 0 Å². The van der Waals surface area contributed by atoms with E-state index in [0.29, 0.717) is 35.2 Å². The first-order valence-corrected chi connectivity index (χ1v) is 11.0. The number of nitrogens with one attached hydrogen (secondary N) is 1. The van der Waals surface area contributed by atoms with Gasteiger partial charge in [0.15, 0.2) is 11.5 Å². The van der Waals surface area contributed by atoms with Crippen LogP contribution in [0.15, 0.2) is 42.5 Å². The fourth-order valence-electron chi connectivity index (χ4n) is 3.61. The Morgan fingerprint density at radius 1 is 1.16 bits per heavy atom. The van der Waals surface area contributed by atoms with Crippen LogP contribution in [-0.2, 0) is 11.3 Å². The van der Waals surface area contributed by atoms with Crippen LogP contribution in [-0.4, -0.2) is 56.3 Å². The van der Waals surface area contributed by atoms with Crippen LogP contribution in [0, 0.1) is 0 Å². The Bertz CT molecular complexity index is 868. The zero-order valence-corrected chi connectivity index (χ0v) is 19.2. The summed E-state index contributed by atoms with van der Waals surface area (Å²) in [5.74, 6) is 0.976. The average molecular weight is 447 g/mol. The monoisotopic (exact) mass is 446 g/mol. The van der Waals surface area contributed by atoms with Crippen molar-refractivity contribution in [2.75, 3.05) is 40.0 Å². The summed E-state index contributed by atoms with van der Waals surface area (Å²) in [5.41, 5.74) is 1.43. The third-order valence-corrected chi connectivity index (χ3v) is 6.15. The fraction of sp³-hybridized carbons (Fsp3) is 0.458. The molecule has 1 heterocycles. The molecule has 1 aliphatic heterocycles. The molecule has 6 nitrogen and oxygen atoms in total. The maximum Gasteiger partial charge on any atom is 0.251 e. The van der Waals surface area contributed by atoms with E-state index in [1.807, 2.05) is 24.3 Å². The number of amides is 1. The van der Waals surface area contributed by atoms with Crippen LogP contribution in [0.25, 0.3) is 0 Å². The predicted octanol–water partition coefficient (Wildman–Crippen LogP) is 4.16. The number of halogens is 1. The minimum absolute atomic E-state index is 0.106. The smallest absolute Gasteiger partial charge is 0.251 e. The van der Waals surface area contributed by atoms with Crippen LogP contribution in [0.4, 0.5) is 0 Å². The number of ether oxygens (including phenoxy) is 3. The first-order chi connectivity index (χ1) is 14.9. The summed E-state index contributed by atoms with van der Waals surface area (Å²) < 4.78 is 16.8. The minimum atomic E-state index is -0.129. The molecule has 7 heteroatoms. The first kappa shape index (κ1) is 23.4. The SMILES string of the molecule is CC[C@](C)(CNC(=O)c1ccc(OCc2ccc(Cl)cc2)c(OC)c1)N1CCOCC1. The van der Waals surface area contributed by atoms with Gasteiger partial charge < -0.3 is 19.5 Å². The van der Waals surface area contributed by atoms with E-state index in [0.717, 1.165) is 38.3 Å². The number of morpholine rings is 1. The van der Waals surface area contributed by atoms with E-state index in [1.165, 1.54) is 0 Å². The van der Waals surface area contributed by atoms with E-state index in [4.69, 9.17) is 25.8 Å². The summed E-state index contributed by atoms with van der Waals surface area (Å²) >= 11 is 5.92. The van der Waals surface area contributed by atoms with Gasteiger partial charge in [0.05, 0.1) is 20.3 Å². The second-order valence-electron chi connectivity index (χ2n) is 7.91. The molecule has 0 unspecified atom stereocenters. The lowest BCUT2D eigenvalue weighted by Crippen LogP contribution is -2.56. The number of benzene rings is 2. The highest BCUT2D eigenvalue weighted by atomic mass is 35.5. The fourth-order valence-corrected chi connectivity index (χ4v) is 3.73. The summed E-state index contributed by atoms with van der Waals surface area (Å²) in [5, 5.41) is 3.78. The molecule has 0 aliphatic carbocycles. The summed E-state index contributed by atoms with van der Waals surface area (Å²) in [6.07, 6.45) is 0.939. The van der Waals surface area contributed by atoms with Crippen molar-refractivity contribution in [3.05, 3.63) is 58.6 Å². The molecule has 1 aliphatic rings. The summed E-state index contributed by atoms with van der Waals surface area (Å²) in [7, 11) is 1.57. The Labute approximate surface area is 189 Å². The van der Waals surface area contributed by atoms with Gasteiger partial charge in [0.2, 0.25) is 0 Å². The zero-order valence-electron chi connectivity index (χ0n) is 18.4.